The van der Waals surface area contributed by atoms with Crippen molar-refractivity contribution >= 4 is 45.1 Å². The minimum atomic E-state index is -0.108. The second-order valence-corrected chi connectivity index (χ2v) is 7.31. The van der Waals surface area contributed by atoms with E-state index in [1.54, 1.807) is 18.4 Å². The molecule has 4 rings (SSSR count). The Hall–Kier alpha value is -2.22. The van der Waals surface area contributed by atoms with Crippen molar-refractivity contribution in [1.29, 1.82) is 0 Å². The van der Waals surface area contributed by atoms with Gasteiger partial charge in [0.2, 0.25) is 0 Å². The number of thiophene rings is 2. The van der Waals surface area contributed by atoms with Gasteiger partial charge in [-0.05, 0) is 47.9 Å². The maximum Gasteiger partial charge on any atom is 0.268 e. The van der Waals surface area contributed by atoms with E-state index in [1.807, 2.05) is 47.2 Å². The third-order valence-electron chi connectivity index (χ3n) is 3.75. The highest BCUT2D eigenvalue weighted by atomic mass is 32.1. The summed E-state index contributed by atoms with van der Waals surface area (Å²) in [6.45, 7) is 0. The lowest BCUT2D eigenvalue weighted by Gasteiger charge is -2.08. The normalized spacial score (nSPS) is 11.0. The zero-order valence-corrected chi connectivity index (χ0v) is 15.1. The van der Waals surface area contributed by atoms with Crippen molar-refractivity contribution in [3.8, 4) is 21.9 Å². The van der Waals surface area contributed by atoms with Gasteiger partial charge in [-0.2, -0.15) is 0 Å². The summed E-state index contributed by atoms with van der Waals surface area (Å²) in [5.74, 6) is 0.734. The number of hydrogen-bond donors (Lipinski definition) is 1. The third-order valence-corrected chi connectivity index (χ3v) is 5.83. The van der Waals surface area contributed by atoms with Crippen molar-refractivity contribution < 1.29 is 4.74 Å². The maximum atomic E-state index is 13.1. The third kappa shape index (κ3) is 2.41. The number of nitrogens with one attached hydrogen (secondary N) is 1. The summed E-state index contributed by atoms with van der Waals surface area (Å²) in [6.07, 6.45) is 0. The number of fused-ring (bicyclic) bond motifs is 1. The molecule has 0 saturated carbocycles. The predicted octanol–water partition coefficient (Wildman–Crippen LogP) is 4.85. The van der Waals surface area contributed by atoms with E-state index in [0.717, 1.165) is 21.0 Å². The van der Waals surface area contributed by atoms with E-state index in [1.165, 1.54) is 15.9 Å². The first kappa shape index (κ1) is 15.3. The summed E-state index contributed by atoms with van der Waals surface area (Å²) in [5.41, 5.74) is 1.55. The molecule has 0 aliphatic heterocycles. The smallest absolute Gasteiger partial charge is 0.268 e. The van der Waals surface area contributed by atoms with Gasteiger partial charge in [0.1, 0.15) is 10.6 Å². The quantitative estimate of drug-likeness (QED) is 0.523. The molecule has 7 heteroatoms. The van der Waals surface area contributed by atoms with Crippen LogP contribution < -0.4 is 10.3 Å². The molecule has 0 spiro atoms. The van der Waals surface area contributed by atoms with Crippen molar-refractivity contribution in [3.05, 3.63) is 62.3 Å². The highest BCUT2D eigenvalue weighted by molar-refractivity contribution is 7.71. The average molecular weight is 372 g/mol. The van der Waals surface area contributed by atoms with E-state index in [-0.39, 0.29) is 5.56 Å². The number of methoxy groups -OCH3 is 1. The van der Waals surface area contributed by atoms with E-state index < -0.39 is 0 Å². The highest BCUT2D eigenvalue weighted by Crippen LogP contribution is 2.33. The summed E-state index contributed by atoms with van der Waals surface area (Å²) in [5, 5.41) is 4.68. The first-order valence-corrected chi connectivity index (χ1v) is 9.30. The standard InChI is InChI=1S/C17H12N2O2S3/c1-21-11-6-4-10(5-7-11)19-16(20)14-12(13-3-2-8-23-13)9-24-15(14)18-17(19)22/h2-9H,1H3,(H,18,22). The fraction of sp³-hybridized carbons (Fsp3) is 0.0588. The van der Waals surface area contributed by atoms with Crippen molar-refractivity contribution in [2.45, 2.75) is 0 Å². The van der Waals surface area contributed by atoms with E-state index in [0.29, 0.717) is 15.8 Å². The fourth-order valence-corrected chi connectivity index (χ4v) is 4.73. The Labute approximate surface area is 150 Å². The molecule has 120 valence electrons. The van der Waals surface area contributed by atoms with Crippen LogP contribution in [0.4, 0.5) is 0 Å². The first-order valence-electron chi connectivity index (χ1n) is 7.14. The van der Waals surface area contributed by atoms with Gasteiger partial charge in [-0.15, -0.1) is 22.7 Å². The van der Waals surface area contributed by atoms with Gasteiger partial charge < -0.3 is 9.72 Å². The number of rotatable bonds is 3. The molecule has 1 N–H and O–H groups in total. The summed E-state index contributed by atoms with van der Waals surface area (Å²) in [6, 6.07) is 11.3. The number of aromatic nitrogens is 2. The average Bonchev–Trinajstić information content (AvgIpc) is 3.24. The Morgan fingerprint density at radius 2 is 1.96 bits per heavy atom. The van der Waals surface area contributed by atoms with E-state index in [9.17, 15) is 4.79 Å². The number of benzene rings is 1. The molecule has 0 amide bonds. The molecular formula is C17H12N2O2S3. The molecule has 0 aliphatic carbocycles. The van der Waals surface area contributed by atoms with Crippen molar-refractivity contribution in [2.75, 3.05) is 7.11 Å². The fourth-order valence-electron chi connectivity index (χ4n) is 2.60. The minimum absolute atomic E-state index is 0.108. The van der Waals surface area contributed by atoms with Crippen LogP contribution in [0.2, 0.25) is 0 Å². The van der Waals surface area contributed by atoms with E-state index in [2.05, 4.69) is 4.98 Å². The van der Waals surface area contributed by atoms with Crippen LogP contribution in [0.25, 0.3) is 26.3 Å². The van der Waals surface area contributed by atoms with Gasteiger partial charge in [-0.25, -0.2) is 0 Å². The van der Waals surface area contributed by atoms with E-state index in [4.69, 9.17) is 17.0 Å². The Balaban J connectivity index is 2.01. The number of nitrogens with zero attached hydrogens (tertiary/aromatic N) is 1. The second kappa shape index (κ2) is 6.01. The lowest BCUT2D eigenvalue weighted by atomic mass is 10.2. The minimum Gasteiger partial charge on any atom is -0.497 e. The molecule has 0 atom stereocenters. The molecule has 3 heterocycles. The number of ether oxygens (including phenoxy) is 1. The number of aromatic amines is 1. The molecule has 0 bridgehead atoms. The van der Waals surface area contributed by atoms with Crippen LogP contribution in [0.1, 0.15) is 0 Å². The van der Waals surface area contributed by atoms with Gasteiger partial charge in [-0.1, -0.05) is 6.07 Å². The summed E-state index contributed by atoms with van der Waals surface area (Å²) in [7, 11) is 1.61. The number of hydrogen-bond acceptors (Lipinski definition) is 5. The van der Waals surface area contributed by atoms with Crippen LogP contribution in [0.5, 0.6) is 5.75 Å². The molecule has 3 aromatic heterocycles. The molecule has 1 aromatic carbocycles. The molecule has 4 aromatic rings. The molecule has 0 fully saturated rings. The maximum absolute atomic E-state index is 13.1. The summed E-state index contributed by atoms with van der Waals surface area (Å²) < 4.78 is 7.09. The number of H-pyrrole nitrogens is 1. The molecule has 24 heavy (non-hydrogen) atoms. The van der Waals surface area contributed by atoms with Crippen LogP contribution in [0.3, 0.4) is 0 Å². The van der Waals surface area contributed by atoms with Crippen LogP contribution in [-0.2, 0) is 0 Å². The Morgan fingerprint density at radius 3 is 2.62 bits per heavy atom. The monoisotopic (exact) mass is 372 g/mol. The molecule has 0 radical (unpaired) electrons. The Kier molecular flexibility index (Phi) is 3.84. The van der Waals surface area contributed by atoms with Gasteiger partial charge in [0, 0.05) is 15.8 Å². The van der Waals surface area contributed by atoms with Crippen LogP contribution >= 0.6 is 34.9 Å². The van der Waals surface area contributed by atoms with Crippen molar-refractivity contribution in [2.24, 2.45) is 0 Å². The van der Waals surface area contributed by atoms with Crippen LogP contribution in [-0.4, -0.2) is 16.7 Å². The second-order valence-electron chi connectivity index (χ2n) is 5.10. The van der Waals surface area contributed by atoms with Gasteiger partial charge in [0.05, 0.1) is 18.2 Å². The van der Waals surface area contributed by atoms with Gasteiger partial charge in [-0.3, -0.25) is 9.36 Å². The molecule has 0 unspecified atom stereocenters. The van der Waals surface area contributed by atoms with E-state index >= 15 is 0 Å². The lowest BCUT2D eigenvalue weighted by Crippen LogP contribution is -2.20. The molecular weight excluding hydrogens is 360 g/mol. The van der Waals surface area contributed by atoms with Crippen LogP contribution in [0, 0.1) is 4.77 Å². The Bertz CT molecular complexity index is 1120. The molecule has 0 saturated heterocycles. The van der Waals surface area contributed by atoms with Gasteiger partial charge in [0.25, 0.3) is 5.56 Å². The van der Waals surface area contributed by atoms with Crippen molar-refractivity contribution in [1.82, 2.24) is 9.55 Å². The Morgan fingerprint density at radius 1 is 1.17 bits per heavy atom. The SMILES string of the molecule is COc1ccc(-n2c(=S)[nH]c3scc(-c4cccs4)c3c2=O)cc1. The summed E-state index contributed by atoms with van der Waals surface area (Å²) >= 11 is 8.52. The van der Waals surface area contributed by atoms with Crippen molar-refractivity contribution in [3.63, 3.8) is 0 Å². The summed E-state index contributed by atoms with van der Waals surface area (Å²) in [4.78, 5) is 18.2. The highest BCUT2D eigenvalue weighted by Gasteiger charge is 2.15. The molecule has 0 aliphatic rings. The first-order chi connectivity index (χ1) is 11.7. The predicted molar refractivity (Wildman–Crippen MR) is 102 cm³/mol. The van der Waals surface area contributed by atoms with Gasteiger partial charge in [0.15, 0.2) is 4.77 Å². The van der Waals surface area contributed by atoms with Crippen LogP contribution in [0.15, 0.2) is 52.0 Å². The largest absolute Gasteiger partial charge is 0.497 e. The molecule has 4 nitrogen and oxygen atoms in total. The zero-order chi connectivity index (χ0) is 16.7. The topological polar surface area (TPSA) is 47.0 Å². The zero-order valence-electron chi connectivity index (χ0n) is 12.6. The lowest BCUT2D eigenvalue weighted by molar-refractivity contribution is 0.414. The van der Waals surface area contributed by atoms with Gasteiger partial charge >= 0.3 is 0 Å².